The third-order valence-corrected chi connectivity index (χ3v) is 4.59. The van der Waals surface area contributed by atoms with Crippen LogP contribution in [-0.2, 0) is 4.74 Å². The van der Waals surface area contributed by atoms with Crippen molar-refractivity contribution in [1.29, 1.82) is 0 Å². The number of carbonyl (C=O) groups excluding carboxylic acids is 1. The van der Waals surface area contributed by atoms with Crippen LogP contribution in [0, 0.1) is 11.8 Å². The van der Waals surface area contributed by atoms with Crippen LogP contribution in [0.15, 0.2) is 11.4 Å². The van der Waals surface area contributed by atoms with Gasteiger partial charge >= 0.3 is 5.97 Å². The second-order valence-electron chi connectivity index (χ2n) is 5.41. The lowest BCUT2D eigenvalue weighted by molar-refractivity contribution is 0.0526. The Morgan fingerprint density at radius 1 is 1.45 bits per heavy atom. The number of thioether (sulfide) groups is 1. The summed E-state index contributed by atoms with van der Waals surface area (Å²) < 4.78 is 5.07. The summed E-state index contributed by atoms with van der Waals surface area (Å²) in [5.41, 5.74) is 0.435. The fourth-order valence-electron chi connectivity index (χ4n) is 2.96. The summed E-state index contributed by atoms with van der Waals surface area (Å²) in [6.45, 7) is 2.16. The SMILES string of the molecule is CCOC(=O)c1cnc(SC)nc1NC1CC2CC2C1. The molecule has 1 N–H and O–H groups in total. The number of carbonyl (C=O) groups is 1. The number of aromatic nitrogens is 2. The highest BCUT2D eigenvalue weighted by Gasteiger charge is 2.46. The van der Waals surface area contributed by atoms with Gasteiger partial charge in [-0.25, -0.2) is 14.8 Å². The predicted octanol–water partition coefficient (Wildman–Crippen LogP) is 2.59. The number of rotatable bonds is 5. The van der Waals surface area contributed by atoms with E-state index in [-0.39, 0.29) is 5.97 Å². The molecular weight excluding hydrogens is 274 g/mol. The van der Waals surface area contributed by atoms with Gasteiger partial charge in [0.1, 0.15) is 11.4 Å². The Morgan fingerprint density at radius 3 is 2.85 bits per heavy atom. The lowest BCUT2D eigenvalue weighted by Crippen LogP contribution is -2.21. The Bertz CT molecular complexity index is 513. The molecule has 0 aliphatic heterocycles. The fourth-order valence-corrected chi connectivity index (χ4v) is 3.30. The summed E-state index contributed by atoms with van der Waals surface area (Å²) in [7, 11) is 0. The lowest BCUT2D eigenvalue weighted by Gasteiger charge is -2.17. The molecule has 2 saturated carbocycles. The number of ether oxygens (including phenoxy) is 1. The van der Waals surface area contributed by atoms with E-state index in [0.717, 1.165) is 11.8 Å². The molecule has 0 aromatic carbocycles. The molecule has 2 aliphatic rings. The summed E-state index contributed by atoms with van der Waals surface area (Å²) in [6, 6.07) is 0.427. The molecule has 2 aliphatic carbocycles. The zero-order valence-electron chi connectivity index (χ0n) is 11.8. The minimum atomic E-state index is -0.356. The summed E-state index contributed by atoms with van der Waals surface area (Å²) in [5, 5.41) is 4.09. The number of anilines is 1. The third kappa shape index (κ3) is 2.75. The minimum Gasteiger partial charge on any atom is -0.462 e. The quantitative estimate of drug-likeness (QED) is 0.511. The highest BCUT2D eigenvalue weighted by Crippen LogP contribution is 2.52. The first-order chi connectivity index (χ1) is 9.71. The van der Waals surface area contributed by atoms with Crippen LogP contribution in [0.25, 0.3) is 0 Å². The molecule has 5 nitrogen and oxygen atoms in total. The van der Waals surface area contributed by atoms with E-state index in [1.54, 1.807) is 13.1 Å². The van der Waals surface area contributed by atoms with E-state index in [2.05, 4.69) is 15.3 Å². The van der Waals surface area contributed by atoms with E-state index in [4.69, 9.17) is 4.74 Å². The number of nitrogens with zero attached hydrogens (tertiary/aromatic N) is 2. The maximum absolute atomic E-state index is 12.0. The first-order valence-corrected chi connectivity index (χ1v) is 8.28. The summed E-state index contributed by atoms with van der Waals surface area (Å²) in [5.74, 6) is 2.04. The van der Waals surface area contributed by atoms with Crippen LogP contribution in [0.1, 0.15) is 36.5 Å². The first kappa shape index (κ1) is 13.7. The minimum absolute atomic E-state index is 0.356. The predicted molar refractivity (Wildman–Crippen MR) is 78.0 cm³/mol. The van der Waals surface area contributed by atoms with Crippen molar-refractivity contribution < 1.29 is 9.53 Å². The monoisotopic (exact) mass is 293 g/mol. The average Bonchev–Trinajstić information content (AvgIpc) is 3.06. The Hall–Kier alpha value is -1.30. The summed E-state index contributed by atoms with van der Waals surface area (Å²) >= 11 is 1.47. The van der Waals surface area contributed by atoms with Crippen molar-refractivity contribution in [3.8, 4) is 0 Å². The number of hydrogen-bond donors (Lipinski definition) is 1. The van der Waals surface area contributed by atoms with Crippen LogP contribution in [0.5, 0.6) is 0 Å². The molecule has 0 bridgehead atoms. The van der Waals surface area contributed by atoms with E-state index in [0.29, 0.717) is 29.2 Å². The van der Waals surface area contributed by atoms with Crippen molar-refractivity contribution in [3.05, 3.63) is 11.8 Å². The van der Waals surface area contributed by atoms with Crippen LogP contribution >= 0.6 is 11.8 Å². The van der Waals surface area contributed by atoms with Crippen molar-refractivity contribution in [1.82, 2.24) is 9.97 Å². The van der Waals surface area contributed by atoms with Crippen LogP contribution in [0.2, 0.25) is 0 Å². The van der Waals surface area contributed by atoms with Crippen molar-refractivity contribution in [2.45, 2.75) is 37.4 Å². The van der Waals surface area contributed by atoms with Crippen LogP contribution in [-0.4, -0.2) is 34.8 Å². The normalized spacial score (nSPS) is 27.0. The Balaban J connectivity index is 1.79. The third-order valence-electron chi connectivity index (χ3n) is 4.03. The molecule has 1 heterocycles. The van der Waals surface area contributed by atoms with E-state index in [1.165, 1.54) is 31.0 Å². The van der Waals surface area contributed by atoms with Gasteiger partial charge < -0.3 is 10.1 Å². The largest absolute Gasteiger partial charge is 0.462 e. The van der Waals surface area contributed by atoms with E-state index >= 15 is 0 Å². The molecule has 1 aromatic rings. The van der Waals surface area contributed by atoms with Gasteiger partial charge in [-0.2, -0.15) is 0 Å². The van der Waals surface area contributed by atoms with Gasteiger partial charge in [-0.1, -0.05) is 11.8 Å². The van der Waals surface area contributed by atoms with Gasteiger partial charge in [0.2, 0.25) is 0 Å². The average molecular weight is 293 g/mol. The lowest BCUT2D eigenvalue weighted by atomic mass is 10.1. The number of esters is 1. The second kappa shape index (κ2) is 5.60. The molecule has 20 heavy (non-hydrogen) atoms. The topological polar surface area (TPSA) is 64.1 Å². The maximum atomic E-state index is 12.0. The Morgan fingerprint density at radius 2 is 2.20 bits per heavy atom. The standard InChI is InChI=1S/C14H19N3O2S/c1-3-19-13(18)11-7-15-14(20-2)17-12(11)16-10-5-8-4-9(8)6-10/h7-10H,3-6H2,1-2H3,(H,15,16,17). The molecular formula is C14H19N3O2S. The summed E-state index contributed by atoms with van der Waals surface area (Å²) in [4.78, 5) is 20.6. The van der Waals surface area contributed by atoms with Crippen LogP contribution < -0.4 is 5.32 Å². The zero-order chi connectivity index (χ0) is 14.1. The van der Waals surface area contributed by atoms with Crippen molar-refractivity contribution in [2.75, 3.05) is 18.2 Å². The number of nitrogens with one attached hydrogen (secondary N) is 1. The van der Waals surface area contributed by atoms with Gasteiger partial charge in [-0.3, -0.25) is 0 Å². The smallest absolute Gasteiger partial charge is 0.343 e. The molecule has 108 valence electrons. The van der Waals surface area contributed by atoms with Crippen LogP contribution in [0.4, 0.5) is 5.82 Å². The second-order valence-corrected chi connectivity index (χ2v) is 6.18. The van der Waals surface area contributed by atoms with Crippen molar-refractivity contribution in [3.63, 3.8) is 0 Å². The fraction of sp³-hybridized carbons (Fsp3) is 0.643. The number of fused-ring (bicyclic) bond motifs is 1. The van der Waals surface area contributed by atoms with Crippen LogP contribution in [0.3, 0.4) is 0 Å². The highest BCUT2D eigenvalue weighted by molar-refractivity contribution is 7.98. The van der Waals surface area contributed by atoms with Gasteiger partial charge in [-0.05, 0) is 44.3 Å². The molecule has 6 heteroatoms. The van der Waals surface area contributed by atoms with Crippen molar-refractivity contribution in [2.24, 2.45) is 11.8 Å². The molecule has 2 unspecified atom stereocenters. The number of hydrogen-bond acceptors (Lipinski definition) is 6. The van der Waals surface area contributed by atoms with Gasteiger partial charge in [0, 0.05) is 12.2 Å². The van der Waals surface area contributed by atoms with E-state index in [1.807, 2.05) is 6.26 Å². The highest BCUT2D eigenvalue weighted by atomic mass is 32.2. The molecule has 0 saturated heterocycles. The first-order valence-electron chi connectivity index (χ1n) is 7.06. The Kier molecular flexibility index (Phi) is 3.83. The molecule has 2 fully saturated rings. The van der Waals surface area contributed by atoms with Gasteiger partial charge in [-0.15, -0.1) is 0 Å². The molecule has 3 rings (SSSR count). The Labute approximate surface area is 122 Å². The zero-order valence-corrected chi connectivity index (χ0v) is 12.6. The van der Waals surface area contributed by atoms with Gasteiger partial charge in [0.15, 0.2) is 5.16 Å². The van der Waals surface area contributed by atoms with E-state index in [9.17, 15) is 4.79 Å². The van der Waals surface area contributed by atoms with Gasteiger partial charge in [0.25, 0.3) is 0 Å². The molecule has 0 spiro atoms. The molecule has 0 radical (unpaired) electrons. The summed E-state index contributed by atoms with van der Waals surface area (Å²) in [6.07, 6.45) is 7.24. The molecule has 2 atom stereocenters. The van der Waals surface area contributed by atoms with Crippen molar-refractivity contribution >= 4 is 23.5 Å². The maximum Gasteiger partial charge on any atom is 0.343 e. The molecule has 0 amide bonds. The van der Waals surface area contributed by atoms with Gasteiger partial charge in [0.05, 0.1) is 6.61 Å². The van der Waals surface area contributed by atoms with E-state index < -0.39 is 0 Å². The molecule has 1 aromatic heterocycles.